The van der Waals surface area contributed by atoms with Gasteiger partial charge in [0.15, 0.2) is 0 Å². The van der Waals surface area contributed by atoms with E-state index in [1.807, 2.05) is 16.9 Å². The summed E-state index contributed by atoms with van der Waals surface area (Å²) in [6.07, 6.45) is 3.55. The normalized spacial score (nSPS) is 11.0. The third-order valence-electron chi connectivity index (χ3n) is 2.27. The molecule has 2 heterocycles. The number of hydrogen-bond donors (Lipinski definition) is 1. The average Bonchev–Trinajstić information content (AvgIpc) is 2.87. The number of aromatic nitrogens is 5. The predicted octanol–water partition coefficient (Wildman–Crippen LogP) is 0.738. The molecule has 0 amide bonds. The molecule has 0 fully saturated rings. The van der Waals surface area contributed by atoms with E-state index in [0.717, 1.165) is 5.69 Å². The lowest BCUT2D eigenvalue weighted by Crippen LogP contribution is -2.12. The van der Waals surface area contributed by atoms with Gasteiger partial charge in [-0.1, -0.05) is 12.2 Å². The minimum Gasteiger partial charge on any atom is -0.387 e. The fraction of sp³-hybridized carbons (Fsp3) is 0.400. The quantitative estimate of drug-likeness (QED) is 0.810. The molecule has 0 radical (unpaired) electrons. The Morgan fingerprint density at radius 1 is 1.47 bits per heavy atom. The maximum absolute atomic E-state index is 5.44. The summed E-state index contributed by atoms with van der Waals surface area (Å²) in [5.74, 6) is 0.392. The van der Waals surface area contributed by atoms with Crippen molar-refractivity contribution < 1.29 is 0 Å². The summed E-state index contributed by atoms with van der Waals surface area (Å²) in [4.78, 5) is 4.21. The predicted molar refractivity (Wildman–Crippen MR) is 67.6 cm³/mol. The smallest absolute Gasteiger partial charge is 0.208 e. The van der Waals surface area contributed by atoms with Gasteiger partial charge in [-0.3, -0.25) is 4.68 Å². The lowest BCUT2D eigenvalue weighted by molar-refractivity contribution is 0.520. The minimum atomic E-state index is 0.205. The highest BCUT2D eigenvalue weighted by molar-refractivity contribution is 7.80. The van der Waals surface area contributed by atoms with Crippen LogP contribution in [0.15, 0.2) is 18.6 Å². The molecule has 0 saturated heterocycles. The van der Waals surface area contributed by atoms with E-state index in [4.69, 9.17) is 18.0 Å². The Labute approximate surface area is 104 Å². The van der Waals surface area contributed by atoms with E-state index in [2.05, 4.69) is 29.0 Å². The molecule has 90 valence electrons. The second kappa shape index (κ2) is 4.62. The molecule has 0 aliphatic carbocycles. The van der Waals surface area contributed by atoms with Gasteiger partial charge in [0.25, 0.3) is 0 Å². The van der Waals surface area contributed by atoms with Crippen LogP contribution in [0.2, 0.25) is 0 Å². The van der Waals surface area contributed by atoms with Gasteiger partial charge in [0.2, 0.25) is 5.82 Å². The summed E-state index contributed by atoms with van der Waals surface area (Å²) in [7, 11) is 0. The fourth-order valence-corrected chi connectivity index (χ4v) is 1.49. The number of thiocarbonyl (C=S) groups is 1. The minimum absolute atomic E-state index is 0.205. The first-order valence-electron chi connectivity index (χ1n) is 5.29. The van der Waals surface area contributed by atoms with Gasteiger partial charge in [0.05, 0.1) is 12.2 Å². The SMILES string of the molecule is CC(C)n1ccc(Cn2cnc(C(N)=S)n2)n1. The van der Waals surface area contributed by atoms with E-state index in [1.54, 1.807) is 11.0 Å². The van der Waals surface area contributed by atoms with Crippen molar-refractivity contribution in [3.05, 3.63) is 30.1 Å². The van der Waals surface area contributed by atoms with Crippen LogP contribution in [-0.4, -0.2) is 29.5 Å². The molecule has 2 rings (SSSR count). The summed E-state index contributed by atoms with van der Waals surface area (Å²) >= 11 is 4.80. The molecular formula is C10H14N6S. The number of nitrogens with zero attached hydrogens (tertiary/aromatic N) is 5. The molecule has 0 aliphatic heterocycles. The van der Waals surface area contributed by atoms with Gasteiger partial charge in [-0.05, 0) is 19.9 Å². The number of nitrogens with two attached hydrogens (primary N) is 1. The van der Waals surface area contributed by atoms with Crippen LogP contribution < -0.4 is 5.73 Å². The Morgan fingerprint density at radius 2 is 2.24 bits per heavy atom. The first-order chi connectivity index (χ1) is 8.06. The van der Waals surface area contributed by atoms with Crippen molar-refractivity contribution in [3.63, 3.8) is 0 Å². The number of rotatable bonds is 4. The standard InChI is InChI=1S/C10H14N6S/c1-7(2)16-4-3-8(13-16)5-15-6-12-10(14-15)9(11)17/h3-4,6-7H,5H2,1-2H3,(H2,11,17). The van der Waals surface area contributed by atoms with Crippen molar-refractivity contribution >= 4 is 17.2 Å². The summed E-state index contributed by atoms with van der Waals surface area (Å²) in [5.41, 5.74) is 6.37. The molecule has 0 bridgehead atoms. The summed E-state index contributed by atoms with van der Waals surface area (Å²) < 4.78 is 3.57. The average molecular weight is 250 g/mol. The third kappa shape index (κ3) is 2.68. The molecule has 2 N–H and O–H groups in total. The Kier molecular flexibility index (Phi) is 3.19. The fourth-order valence-electron chi connectivity index (χ4n) is 1.40. The Morgan fingerprint density at radius 3 is 2.76 bits per heavy atom. The van der Waals surface area contributed by atoms with Gasteiger partial charge < -0.3 is 5.73 Å². The van der Waals surface area contributed by atoms with E-state index in [1.165, 1.54) is 0 Å². The van der Waals surface area contributed by atoms with Gasteiger partial charge in [-0.2, -0.15) is 5.10 Å². The van der Waals surface area contributed by atoms with Gasteiger partial charge in [0, 0.05) is 12.2 Å². The first-order valence-corrected chi connectivity index (χ1v) is 5.70. The van der Waals surface area contributed by atoms with E-state index in [9.17, 15) is 0 Å². The lowest BCUT2D eigenvalue weighted by Gasteiger charge is -2.03. The Bertz CT molecular complexity index is 526. The third-order valence-corrected chi connectivity index (χ3v) is 2.46. The molecular weight excluding hydrogens is 236 g/mol. The molecule has 17 heavy (non-hydrogen) atoms. The zero-order chi connectivity index (χ0) is 12.4. The van der Waals surface area contributed by atoms with Crippen LogP contribution in [-0.2, 0) is 6.54 Å². The molecule has 0 spiro atoms. The van der Waals surface area contributed by atoms with Gasteiger partial charge in [-0.15, -0.1) is 5.10 Å². The van der Waals surface area contributed by atoms with Crippen LogP contribution >= 0.6 is 12.2 Å². The van der Waals surface area contributed by atoms with Gasteiger partial charge in [0.1, 0.15) is 11.3 Å². The number of hydrogen-bond acceptors (Lipinski definition) is 4. The summed E-state index contributed by atoms with van der Waals surface area (Å²) in [6.45, 7) is 4.73. The monoisotopic (exact) mass is 250 g/mol. The van der Waals surface area contributed by atoms with Gasteiger partial charge in [-0.25, -0.2) is 9.67 Å². The maximum atomic E-state index is 5.44. The second-order valence-corrected chi connectivity index (χ2v) is 4.45. The molecule has 0 aromatic carbocycles. The van der Waals surface area contributed by atoms with Crippen molar-refractivity contribution in [1.82, 2.24) is 24.5 Å². The molecule has 7 heteroatoms. The lowest BCUT2D eigenvalue weighted by atomic mass is 10.4. The second-order valence-electron chi connectivity index (χ2n) is 4.01. The van der Waals surface area contributed by atoms with Crippen LogP contribution in [0, 0.1) is 0 Å². The molecule has 0 atom stereocenters. The van der Waals surface area contributed by atoms with Crippen LogP contribution in [0.25, 0.3) is 0 Å². The van der Waals surface area contributed by atoms with Crippen molar-refractivity contribution in [3.8, 4) is 0 Å². The summed E-state index contributed by atoms with van der Waals surface area (Å²) in [5, 5.41) is 8.57. The largest absolute Gasteiger partial charge is 0.387 e. The Balaban J connectivity index is 2.11. The van der Waals surface area contributed by atoms with E-state index in [-0.39, 0.29) is 4.99 Å². The topological polar surface area (TPSA) is 74.5 Å². The van der Waals surface area contributed by atoms with Crippen molar-refractivity contribution in [1.29, 1.82) is 0 Å². The van der Waals surface area contributed by atoms with Gasteiger partial charge >= 0.3 is 0 Å². The van der Waals surface area contributed by atoms with Crippen LogP contribution in [0.1, 0.15) is 31.4 Å². The van der Waals surface area contributed by atoms with E-state index in [0.29, 0.717) is 18.4 Å². The molecule has 6 nitrogen and oxygen atoms in total. The molecule has 2 aromatic rings. The molecule has 0 aliphatic rings. The first kappa shape index (κ1) is 11.7. The van der Waals surface area contributed by atoms with Crippen molar-refractivity contribution in [2.24, 2.45) is 5.73 Å². The highest BCUT2D eigenvalue weighted by Crippen LogP contribution is 2.05. The zero-order valence-electron chi connectivity index (χ0n) is 9.74. The highest BCUT2D eigenvalue weighted by atomic mass is 32.1. The van der Waals surface area contributed by atoms with Crippen molar-refractivity contribution in [2.75, 3.05) is 0 Å². The Hall–Kier alpha value is -1.76. The van der Waals surface area contributed by atoms with Crippen LogP contribution in [0.5, 0.6) is 0 Å². The van der Waals surface area contributed by atoms with E-state index < -0.39 is 0 Å². The molecule has 0 unspecified atom stereocenters. The van der Waals surface area contributed by atoms with E-state index >= 15 is 0 Å². The summed E-state index contributed by atoms with van der Waals surface area (Å²) in [6, 6.07) is 2.31. The molecule has 2 aromatic heterocycles. The van der Waals surface area contributed by atoms with Crippen LogP contribution in [0.4, 0.5) is 0 Å². The van der Waals surface area contributed by atoms with Crippen LogP contribution in [0.3, 0.4) is 0 Å². The molecule has 0 saturated carbocycles. The highest BCUT2D eigenvalue weighted by Gasteiger charge is 2.06. The van der Waals surface area contributed by atoms with Crippen molar-refractivity contribution in [2.45, 2.75) is 26.4 Å². The maximum Gasteiger partial charge on any atom is 0.208 e. The zero-order valence-corrected chi connectivity index (χ0v) is 10.6.